The average molecular weight is 1410 g/mol. The van der Waals surface area contributed by atoms with Crippen LogP contribution in [0.3, 0.4) is 0 Å². The van der Waals surface area contributed by atoms with Crippen molar-refractivity contribution in [2.75, 3.05) is 33.0 Å². The molecule has 21 N–H and O–H groups in total. The van der Waals surface area contributed by atoms with E-state index in [1.165, 1.54) is 60.7 Å². The first-order chi connectivity index (χ1) is 47.2. The number of carbonyl (C=O) groups is 2. The molecule has 36 nitrogen and oxygen atoms in total. The number of phenols is 3. The summed E-state index contributed by atoms with van der Waals surface area (Å²) in [6, 6.07) is 16.2. The number of carbonyl (C=O) groups excluding carboxylic acids is 2. The quantitative estimate of drug-likeness (QED) is 0.0174. The molecule has 0 aliphatic carbocycles. The van der Waals surface area contributed by atoms with Crippen LogP contribution in [0.1, 0.15) is 11.1 Å². The van der Waals surface area contributed by atoms with E-state index in [-0.39, 0.29) is 28.0 Å². The number of aromatic hydroxyl groups is 3. The molecule has 99 heavy (non-hydrogen) atoms. The third-order valence-corrected chi connectivity index (χ3v) is 16.6. The second kappa shape index (κ2) is 31.8. The third-order valence-electron chi connectivity index (χ3n) is 16.6. The van der Waals surface area contributed by atoms with Crippen LogP contribution in [-0.4, -0.2) is 306 Å². The van der Waals surface area contributed by atoms with E-state index >= 15 is 0 Å². The first-order valence-electron chi connectivity index (χ1n) is 30.4. The second-order valence-electron chi connectivity index (χ2n) is 23.4. The van der Waals surface area contributed by atoms with Gasteiger partial charge in [0.05, 0.1) is 31.5 Å². The maximum atomic E-state index is 13.1. The van der Waals surface area contributed by atoms with Crippen molar-refractivity contribution in [3.63, 3.8) is 0 Å². The van der Waals surface area contributed by atoms with Crippen molar-refractivity contribution in [1.82, 2.24) is 0 Å². The predicted octanol–water partition coefficient (Wildman–Crippen LogP) is -6.08. The van der Waals surface area contributed by atoms with Gasteiger partial charge in [-0.1, -0.05) is 24.3 Å². The summed E-state index contributed by atoms with van der Waals surface area (Å²) in [5.41, 5.74) is 0.0441. The SMILES string of the molecule is O=C(/C=C/c1ccc(O[C@@H]2O[C@H](CO)[C@@H](O)[C@H](O)[C@H]2O)cc1)OC[C@H]1O[C@@H](Oc2cc(-c3[o+]c4cc(O)cc(O)c4cc3O[C@@H]3O[C@H](CO)[C@@H](O)[C@H](O)[C@H]3O)cc(O[C@@H]3O[C@H](COC(=O)/C=C/c4ccc(O[C@@H]5O[C@H](CO)[C@@H](O)[C@H](O)[C@H]5O)cc4)[C@@H](O)[C@H](O)[C@H]3O)c2O)[C@H](O)[C@@H](O)[C@@H]1O. The van der Waals surface area contributed by atoms with Gasteiger partial charge in [0.1, 0.15) is 164 Å². The lowest BCUT2D eigenvalue weighted by molar-refractivity contribution is -0.279. The number of ether oxygens (including phenoxy) is 12. The summed E-state index contributed by atoms with van der Waals surface area (Å²) in [4.78, 5) is 26.1. The van der Waals surface area contributed by atoms with Crippen LogP contribution in [0.25, 0.3) is 34.4 Å². The molecule has 4 aromatic carbocycles. The molecule has 5 fully saturated rings. The minimum Gasteiger partial charge on any atom is -0.507 e. The summed E-state index contributed by atoms with van der Waals surface area (Å²) in [5, 5.41) is 223. The van der Waals surface area contributed by atoms with E-state index in [0.29, 0.717) is 11.1 Å². The highest BCUT2D eigenvalue weighted by atomic mass is 16.7. The Bertz CT molecular complexity index is 3450. The Morgan fingerprint density at radius 1 is 0.394 bits per heavy atom. The summed E-state index contributed by atoms with van der Waals surface area (Å²) >= 11 is 0. The highest BCUT2D eigenvalue weighted by Gasteiger charge is 2.51. The smallest absolute Gasteiger partial charge is 0.402 e. The van der Waals surface area contributed by atoms with Gasteiger partial charge in [-0.05, 0) is 47.5 Å². The number of aliphatic hydroxyl groups is 18. The van der Waals surface area contributed by atoms with Crippen molar-refractivity contribution in [2.24, 2.45) is 0 Å². The van der Waals surface area contributed by atoms with Crippen LogP contribution in [0.4, 0.5) is 0 Å². The van der Waals surface area contributed by atoms with E-state index in [4.69, 9.17) is 61.3 Å². The fourth-order valence-corrected chi connectivity index (χ4v) is 10.9. The Balaban J connectivity index is 0.887. The monoisotopic (exact) mass is 1410 g/mol. The van der Waals surface area contributed by atoms with Gasteiger partial charge < -0.3 is 164 Å². The summed E-state index contributed by atoms with van der Waals surface area (Å²) < 4.78 is 73.8. The minimum absolute atomic E-state index is 0.105. The highest BCUT2D eigenvalue weighted by Crippen LogP contribution is 2.48. The molecule has 5 aromatic rings. The molecule has 540 valence electrons. The number of hydrogen-bond donors (Lipinski definition) is 21. The van der Waals surface area contributed by atoms with Crippen molar-refractivity contribution in [3.05, 3.63) is 102 Å². The molecule has 0 radical (unpaired) electrons. The van der Waals surface area contributed by atoms with Crippen LogP contribution in [0.5, 0.6) is 46.0 Å². The lowest BCUT2D eigenvalue weighted by atomic mass is 9.99. The summed E-state index contributed by atoms with van der Waals surface area (Å²) in [6.07, 6.45) is -41.1. The van der Waals surface area contributed by atoms with Crippen LogP contribution in [0, 0.1) is 0 Å². The van der Waals surface area contributed by atoms with Gasteiger partial charge in [-0.15, -0.1) is 0 Å². The molecule has 0 bridgehead atoms. The van der Waals surface area contributed by atoms with E-state index in [9.17, 15) is 117 Å². The number of fused-ring (bicyclic) bond motifs is 1. The number of rotatable bonds is 22. The largest absolute Gasteiger partial charge is 0.507 e. The van der Waals surface area contributed by atoms with Crippen molar-refractivity contribution >= 4 is 35.1 Å². The van der Waals surface area contributed by atoms with Gasteiger partial charge in [-0.25, -0.2) is 14.0 Å². The Labute approximate surface area is 557 Å². The van der Waals surface area contributed by atoms with Crippen LogP contribution < -0.4 is 23.7 Å². The Kier molecular flexibility index (Phi) is 23.7. The molecule has 5 aliphatic heterocycles. The third kappa shape index (κ3) is 16.5. The van der Waals surface area contributed by atoms with Crippen LogP contribution in [0.15, 0.2) is 95.4 Å². The molecule has 5 saturated heterocycles. The molecule has 0 amide bonds. The van der Waals surface area contributed by atoms with Gasteiger partial charge in [0, 0.05) is 36.4 Å². The molecule has 6 heterocycles. The van der Waals surface area contributed by atoms with Crippen molar-refractivity contribution in [2.45, 2.75) is 154 Å². The van der Waals surface area contributed by atoms with Gasteiger partial charge in [0.15, 0.2) is 11.5 Å². The fraction of sp³-hybridized carbons (Fsp3) is 0.476. The topological polar surface area (TPSA) is 581 Å². The molecule has 0 saturated carbocycles. The minimum atomic E-state index is -2.22. The van der Waals surface area contributed by atoms with E-state index in [2.05, 4.69) is 0 Å². The maximum absolute atomic E-state index is 13.1. The first-order valence-corrected chi connectivity index (χ1v) is 30.4. The Hall–Kier alpha value is -7.81. The zero-order chi connectivity index (χ0) is 71.4. The van der Waals surface area contributed by atoms with Crippen molar-refractivity contribution in [1.29, 1.82) is 0 Å². The molecule has 5 aliphatic rings. The molecule has 36 heteroatoms. The molecule has 10 rings (SSSR count). The summed E-state index contributed by atoms with van der Waals surface area (Å²) in [6.45, 7) is -4.00. The van der Waals surface area contributed by atoms with E-state index in [0.717, 1.165) is 42.5 Å². The molecule has 0 spiro atoms. The lowest BCUT2D eigenvalue weighted by Gasteiger charge is -2.40. The number of aliphatic hydroxyl groups excluding tert-OH is 18. The van der Waals surface area contributed by atoms with Crippen LogP contribution in [-0.2, 0) is 42.7 Å². The van der Waals surface area contributed by atoms with Gasteiger partial charge >= 0.3 is 23.3 Å². The average Bonchev–Trinajstić information content (AvgIpc) is 0.763. The Morgan fingerprint density at radius 2 is 0.727 bits per heavy atom. The number of benzene rings is 4. The maximum Gasteiger partial charge on any atom is 0.402 e. The van der Waals surface area contributed by atoms with Crippen molar-refractivity contribution < 1.29 is 178 Å². The van der Waals surface area contributed by atoms with Gasteiger partial charge in [-0.2, -0.15) is 0 Å². The first kappa shape index (κ1) is 73.9. The number of hydrogen-bond acceptors (Lipinski definition) is 35. The van der Waals surface area contributed by atoms with E-state index in [1.807, 2.05) is 0 Å². The molecule has 1 aromatic heterocycles. The molecular weight excluding hydrogens is 1330 g/mol. The zero-order valence-electron chi connectivity index (χ0n) is 51.3. The normalized spacial score (nSPS) is 35.0. The second-order valence-corrected chi connectivity index (χ2v) is 23.4. The van der Waals surface area contributed by atoms with E-state index in [1.54, 1.807) is 0 Å². The predicted molar refractivity (Wildman–Crippen MR) is 322 cm³/mol. The molecular formula is C63H73O36+. The van der Waals surface area contributed by atoms with Gasteiger partial charge in [0.25, 0.3) is 0 Å². The molecule has 0 unspecified atom stereocenters. The number of phenolic OH excluding ortho intramolecular Hbond substituents is 3. The summed E-state index contributed by atoms with van der Waals surface area (Å²) in [7, 11) is 0. The van der Waals surface area contributed by atoms with Gasteiger partial charge in [-0.3, -0.25) is 0 Å². The zero-order valence-corrected chi connectivity index (χ0v) is 51.3. The molecule has 25 atom stereocenters. The summed E-state index contributed by atoms with van der Waals surface area (Å²) in [5.74, 6) is -6.90. The lowest BCUT2D eigenvalue weighted by Crippen LogP contribution is -2.60. The fourth-order valence-electron chi connectivity index (χ4n) is 10.9. The highest BCUT2D eigenvalue weighted by molar-refractivity contribution is 5.89. The van der Waals surface area contributed by atoms with Gasteiger partial charge in [0.2, 0.25) is 42.9 Å². The number of esters is 2. The van der Waals surface area contributed by atoms with Crippen LogP contribution in [0.2, 0.25) is 0 Å². The van der Waals surface area contributed by atoms with Crippen LogP contribution >= 0.6 is 0 Å². The standard InChI is InChI=1S/C63H72O36/c64-18-35-43(72)48(77)53(82)59(95-35)89-27-7-1-23(2-8-27)5-11-40(69)87-21-38-46(75)51(80)56(85)61(98-38)92-32-13-25(58-34(17-29-30(68)15-26(67)16-31(29)91-58)94-63-55(84)50(79)45(74)37(20-66)97-63)14-33(42(32)71)93-62-57(86)52(81)47(76)39(99-62)22-88-41(70)12-6-24-3-9-28(10-4-24)90-60-54(83)49(78)44(73)36(19-65)96-60/h1-17,35-39,43-57,59-66,72-86H,18-22H2,(H2-,67,68,71)/p+1/b11-5+,12-6+/t35-,36-,37-,38-,39-,43-,44-,45-,46-,47-,48+,49+,50+,51+,52+,53-,54-,55-,56-,57-,59-,60-,61-,62-,63-/m1/s1. The van der Waals surface area contributed by atoms with Crippen molar-refractivity contribution in [3.8, 4) is 57.3 Å². The Morgan fingerprint density at radius 3 is 1.09 bits per heavy atom. The van der Waals surface area contributed by atoms with E-state index < -0.39 is 239 Å².